The molecule has 1 unspecified atom stereocenters. The Bertz CT molecular complexity index is 521. The van der Waals surface area contributed by atoms with E-state index in [-0.39, 0.29) is 36.4 Å². The highest BCUT2D eigenvalue weighted by Crippen LogP contribution is 2.20. The lowest BCUT2D eigenvalue weighted by Gasteiger charge is -2.21. The molecule has 1 saturated heterocycles. The fraction of sp³-hybridized carbons (Fsp3) is 0.556. The van der Waals surface area contributed by atoms with Crippen LogP contribution in [0.25, 0.3) is 0 Å². The first kappa shape index (κ1) is 20.7. The highest BCUT2D eigenvalue weighted by molar-refractivity contribution is 14.0. The van der Waals surface area contributed by atoms with Crippen LogP contribution in [0, 0.1) is 5.92 Å². The van der Waals surface area contributed by atoms with E-state index in [1.807, 2.05) is 6.92 Å². The second kappa shape index (κ2) is 11.3. The summed E-state index contributed by atoms with van der Waals surface area (Å²) in [6, 6.07) is 10.6. The standard InChI is InChI=1S/C18H28N4O.HI/c1-3-10-20-17(23)13-21-18(19-2)22-11-9-16(14-22)12-15-7-5-4-6-8-15;/h4-8,16H,3,9-14H2,1-2H3,(H,19,21)(H,20,23);1H. The average molecular weight is 444 g/mol. The van der Waals surface area contributed by atoms with E-state index in [4.69, 9.17) is 0 Å². The molecule has 1 atom stereocenters. The minimum absolute atomic E-state index is 0. The Balaban J connectivity index is 0.00000288. The van der Waals surface area contributed by atoms with E-state index in [0.717, 1.165) is 44.9 Å². The number of carbonyl (C=O) groups is 1. The van der Waals surface area contributed by atoms with Gasteiger partial charge in [0, 0.05) is 26.7 Å². The number of halogens is 1. The first-order valence-electron chi connectivity index (χ1n) is 8.49. The van der Waals surface area contributed by atoms with Gasteiger partial charge in [0.2, 0.25) is 5.91 Å². The summed E-state index contributed by atoms with van der Waals surface area (Å²) >= 11 is 0. The zero-order valence-electron chi connectivity index (χ0n) is 14.6. The number of carbonyl (C=O) groups excluding carboxylic acids is 1. The van der Waals surface area contributed by atoms with Crippen molar-refractivity contribution in [2.24, 2.45) is 10.9 Å². The van der Waals surface area contributed by atoms with Gasteiger partial charge in [-0.15, -0.1) is 24.0 Å². The fourth-order valence-corrected chi connectivity index (χ4v) is 2.96. The summed E-state index contributed by atoms with van der Waals surface area (Å²) in [5, 5.41) is 6.04. The zero-order valence-corrected chi connectivity index (χ0v) is 17.0. The molecule has 1 aliphatic rings. The molecule has 6 heteroatoms. The number of rotatable bonds is 6. The van der Waals surface area contributed by atoms with Gasteiger partial charge in [0.1, 0.15) is 0 Å². The number of benzene rings is 1. The van der Waals surface area contributed by atoms with Crippen LogP contribution in [-0.2, 0) is 11.2 Å². The third-order valence-corrected chi connectivity index (χ3v) is 4.14. The Morgan fingerprint density at radius 1 is 1.29 bits per heavy atom. The Hall–Kier alpha value is -1.31. The quantitative estimate of drug-likeness (QED) is 0.402. The molecule has 1 aromatic rings. The zero-order chi connectivity index (χ0) is 16.5. The molecule has 0 spiro atoms. The normalized spacial score (nSPS) is 17.3. The van der Waals surface area contributed by atoms with Gasteiger partial charge in [-0.1, -0.05) is 37.3 Å². The first-order valence-corrected chi connectivity index (χ1v) is 8.49. The van der Waals surface area contributed by atoms with Crippen molar-refractivity contribution in [2.75, 3.05) is 33.2 Å². The first-order chi connectivity index (χ1) is 11.2. The van der Waals surface area contributed by atoms with Crippen LogP contribution in [-0.4, -0.2) is 50.0 Å². The van der Waals surface area contributed by atoms with E-state index in [1.54, 1.807) is 7.05 Å². The second-order valence-electron chi connectivity index (χ2n) is 6.04. The number of nitrogens with zero attached hydrogens (tertiary/aromatic N) is 2. The van der Waals surface area contributed by atoms with Crippen molar-refractivity contribution in [2.45, 2.75) is 26.2 Å². The third-order valence-electron chi connectivity index (χ3n) is 4.14. The van der Waals surface area contributed by atoms with Crippen LogP contribution < -0.4 is 10.6 Å². The van der Waals surface area contributed by atoms with Gasteiger partial charge in [-0.2, -0.15) is 0 Å². The maximum atomic E-state index is 11.7. The number of hydrogen-bond donors (Lipinski definition) is 2. The molecular weight excluding hydrogens is 415 g/mol. The van der Waals surface area contributed by atoms with E-state index in [0.29, 0.717) is 5.92 Å². The summed E-state index contributed by atoms with van der Waals surface area (Å²) in [5.74, 6) is 1.49. The lowest BCUT2D eigenvalue weighted by molar-refractivity contribution is -0.120. The smallest absolute Gasteiger partial charge is 0.239 e. The fourth-order valence-electron chi connectivity index (χ4n) is 2.96. The van der Waals surface area contributed by atoms with Crippen molar-refractivity contribution < 1.29 is 4.79 Å². The van der Waals surface area contributed by atoms with Crippen molar-refractivity contribution in [1.82, 2.24) is 15.5 Å². The molecule has 5 nitrogen and oxygen atoms in total. The van der Waals surface area contributed by atoms with Gasteiger partial charge in [0.25, 0.3) is 0 Å². The molecular formula is C18H29IN4O. The van der Waals surface area contributed by atoms with E-state index < -0.39 is 0 Å². The molecule has 0 bridgehead atoms. The van der Waals surface area contributed by atoms with Gasteiger partial charge in [0.15, 0.2) is 5.96 Å². The number of hydrogen-bond acceptors (Lipinski definition) is 2. The highest BCUT2D eigenvalue weighted by atomic mass is 127. The van der Waals surface area contributed by atoms with Gasteiger partial charge < -0.3 is 15.5 Å². The molecule has 24 heavy (non-hydrogen) atoms. The third kappa shape index (κ3) is 6.67. The number of amides is 1. The predicted molar refractivity (Wildman–Crippen MR) is 110 cm³/mol. The van der Waals surface area contributed by atoms with E-state index in [1.165, 1.54) is 5.56 Å². The second-order valence-corrected chi connectivity index (χ2v) is 6.04. The van der Waals surface area contributed by atoms with Crippen molar-refractivity contribution in [3.63, 3.8) is 0 Å². The molecule has 0 radical (unpaired) electrons. The van der Waals surface area contributed by atoms with Crippen LogP contribution in [0.4, 0.5) is 0 Å². The van der Waals surface area contributed by atoms with E-state index >= 15 is 0 Å². The molecule has 0 saturated carbocycles. The average Bonchev–Trinajstić information content (AvgIpc) is 3.03. The van der Waals surface area contributed by atoms with Crippen molar-refractivity contribution >= 4 is 35.8 Å². The molecule has 1 heterocycles. The topological polar surface area (TPSA) is 56.7 Å². The Morgan fingerprint density at radius 3 is 2.71 bits per heavy atom. The van der Waals surface area contributed by atoms with Gasteiger partial charge in [-0.25, -0.2) is 0 Å². The van der Waals surface area contributed by atoms with E-state index in [2.05, 4.69) is 50.9 Å². The molecule has 1 amide bonds. The van der Waals surface area contributed by atoms with Crippen LogP contribution in [0.2, 0.25) is 0 Å². The number of guanidine groups is 1. The van der Waals surface area contributed by atoms with E-state index in [9.17, 15) is 4.79 Å². The number of nitrogens with one attached hydrogen (secondary N) is 2. The number of likely N-dealkylation sites (tertiary alicyclic amines) is 1. The Morgan fingerprint density at radius 2 is 2.04 bits per heavy atom. The summed E-state index contributed by atoms with van der Waals surface area (Å²) < 4.78 is 0. The minimum Gasteiger partial charge on any atom is -0.355 e. The van der Waals surface area contributed by atoms with Crippen LogP contribution in [0.3, 0.4) is 0 Å². The predicted octanol–water partition coefficient (Wildman–Crippen LogP) is 2.27. The van der Waals surface area contributed by atoms with Gasteiger partial charge in [0.05, 0.1) is 6.54 Å². The molecule has 1 aliphatic heterocycles. The van der Waals surface area contributed by atoms with Crippen LogP contribution in [0.15, 0.2) is 35.3 Å². The van der Waals surface area contributed by atoms with Crippen molar-refractivity contribution in [1.29, 1.82) is 0 Å². The SMILES string of the molecule is CCCNC(=O)CNC(=NC)N1CCC(Cc2ccccc2)C1.I. The molecule has 2 rings (SSSR count). The molecule has 134 valence electrons. The Labute approximate surface area is 162 Å². The summed E-state index contributed by atoms with van der Waals surface area (Å²) in [6.07, 6.45) is 3.22. The van der Waals surface area contributed by atoms with Crippen molar-refractivity contribution in [3.05, 3.63) is 35.9 Å². The molecule has 0 aromatic heterocycles. The molecule has 0 aliphatic carbocycles. The van der Waals surface area contributed by atoms with Crippen molar-refractivity contribution in [3.8, 4) is 0 Å². The Kier molecular flexibility index (Phi) is 9.75. The summed E-state index contributed by atoms with van der Waals surface area (Å²) in [4.78, 5) is 18.3. The van der Waals surface area contributed by atoms with Gasteiger partial charge >= 0.3 is 0 Å². The molecule has 1 aromatic carbocycles. The summed E-state index contributed by atoms with van der Waals surface area (Å²) in [5.41, 5.74) is 1.39. The largest absolute Gasteiger partial charge is 0.355 e. The monoisotopic (exact) mass is 444 g/mol. The number of aliphatic imine (C=N–C) groups is 1. The highest BCUT2D eigenvalue weighted by Gasteiger charge is 2.25. The van der Waals surface area contributed by atoms with Gasteiger partial charge in [-0.3, -0.25) is 9.79 Å². The van der Waals surface area contributed by atoms with Crippen LogP contribution in [0.1, 0.15) is 25.3 Å². The molecule has 1 fully saturated rings. The van der Waals surface area contributed by atoms with Crippen LogP contribution in [0.5, 0.6) is 0 Å². The van der Waals surface area contributed by atoms with Gasteiger partial charge in [-0.05, 0) is 30.7 Å². The summed E-state index contributed by atoms with van der Waals surface area (Å²) in [7, 11) is 1.77. The lowest BCUT2D eigenvalue weighted by atomic mass is 9.99. The summed E-state index contributed by atoms with van der Waals surface area (Å²) in [6.45, 7) is 5.04. The lowest BCUT2D eigenvalue weighted by Crippen LogP contribution is -2.44. The maximum absolute atomic E-state index is 11.7. The maximum Gasteiger partial charge on any atom is 0.239 e. The van der Waals surface area contributed by atoms with Crippen LogP contribution >= 0.6 is 24.0 Å². The minimum atomic E-state index is 0. The molecule has 2 N–H and O–H groups in total.